The van der Waals surface area contributed by atoms with E-state index in [0.29, 0.717) is 24.8 Å². The van der Waals surface area contributed by atoms with E-state index in [4.69, 9.17) is 7.85 Å². The second-order valence-corrected chi connectivity index (χ2v) is 6.38. The number of ether oxygens (including phenoxy) is 1. The third kappa shape index (κ3) is 4.71. The van der Waals surface area contributed by atoms with Crippen LogP contribution in [-0.2, 0) is 14.3 Å². The summed E-state index contributed by atoms with van der Waals surface area (Å²) < 4.78 is 4.58. The van der Waals surface area contributed by atoms with Crippen LogP contribution in [0.2, 0.25) is 0 Å². The minimum Gasteiger partial charge on any atom is -0.453 e. The smallest absolute Gasteiger partial charge is 0.407 e. The van der Waals surface area contributed by atoms with Gasteiger partial charge in [0.1, 0.15) is 19.9 Å². The average Bonchev–Trinajstić information content (AvgIpc) is 3.10. The number of likely N-dealkylation sites (tertiary alicyclic amines) is 1. The van der Waals surface area contributed by atoms with Crippen molar-refractivity contribution < 1.29 is 19.1 Å². The van der Waals surface area contributed by atoms with Gasteiger partial charge in [-0.25, -0.2) is 14.8 Å². The van der Waals surface area contributed by atoms with E-state index in [0.717, 1.165) is 0 Å². The Labute approximate surface area is 153 Å². The van der Waals surface area contributed by atoms with Gasteiger partial charge in [0.25, 0.3) is 0 Å². The Morgan fingerprint density at radius 1 is 1.31 bits per heavy atom. The monoisotopic (exact) mass is 359 g/mol. The fraction of sp³-hybridized carbons (Fsp3) is 0.562. The van der Waals surface area contributed by atoms with Gasteiger partial charge in [-0.2, -0.15) is 0 Å². The van der Waals surface area contributed by atoms with Crippen LogP contribution in [0, 0.1) is 5.92 Å². The molecule has 3 amide bonds. The van der Waals surface area contributed by atoms with Crippen molar-refractivity contribution >= 4 is 37.2 Å². The van der Waals surface area contributed by atoms with Crippen molar-refractivity contribution in [3.63, 3.8) is 0 Å². The quantitative estimate of drug-likeness (QED) is 0.691. The number of aromatic nitrogens is 2. The maximum absolute atomic E-state index is 12.9. The molecule has 2 radical (unpaired) electrons. The van der Waals surface area contributed by atoms with Crippen LogP contribution in [0.3, 0.4) is 0 Å². The van der Waals surface area contributed by atoms with Crippen molar-refractivity contribution in [2.24, 2.45) is 5.92 Å². The first-order valence-electron chi connectivity index (χ1n) is 8.36. The number of nitrogens with one attached hydrogen (secondary N) is 2. The Kier molecular flexibility index (Phi) is 6.54. The molecule has 10 heteroatoms. The summed E-state index contributed by atoms with van der Waals surface area (Å²) in [4.78, 5) is 46.3. The van der Waals surface area contributed by atoms with Crippen molar-refractivity contribution in [3.05, 3.63) is 12.4 Å². The summed E-state index contributed by atoms with van der Waals surface area (Å²) in [5, 5.41) is 5.13. The topological polar surface area (TPSA) is 114 Å². The lowest BCUT2D eigenvalue weighted by Crippen LogP contribution is -2.54. The molecule has 26 heavy (non-hydrogen) atoms. The molecule has 9 nitrogen and oxygen atoms in total. The van der Waals surface area contributed by atoms with E-state index in [2.05, 4.69) is 25.3 Å². The number of amides is 3. The summed E-state index contributed by atoms with van der Waals surface area (Å²) in [6, 6.07) is -1.42. The number of carbonyl (C=O) groups is 3. The number of methoxy groups -OCH3 is 1. The van der Waals surface area contributed by atoms with E-state index in [-0.39, 0.29) is 23.7 Å². The SMILES string of the molecule is [B]c1cnc(NC(=O)[C@@H]2CCCN2C(=O)[C@@H](NC(=O)OC)C(C)C)nc1. The normalized spacial score (nSPS) is 17.7. The lowest BCUT2D eigenvalue weighted by molar-refractivity contribution is -0.139. The molecular formula is C16H22BN5O4. The summed E-state index contributed by atoms with van der Waals surface area (Å²) in [6.07, 6.45) is 3.29. The Hall–Kier alpha value is -2.65. The van der Waals surface area contributed by atoms with Gasteiger partial charge in [0, 0.05) is 18.9 Å². The Bertz CT molecular complexity index is 667. The zero-order valence-electron chi connectivity index (χ0n) is 15.1. The molecule has 1 aliphatic heterocycles. The van der Waals surface area contributed by atoms with E-state index in [1.54, 1.807) is 0 Å². The van der Waals surface area contributed by atoms with E-state index in [1.807, 2.05) is 13.8 Å². The molecule has 1 aromatic rings. The van der Waals surface area contributed by atoms with Crippen molar-refractivity contribution in [2.75, 3.05) is 19.0 Å². The average molecular weight is 359 g/mol. The zero-order valence-corrected chi connectivity index (χ0v) is 15.1. The summed E-state index contributed by atoms with van der Waals surface area (Å²) in [7, 11) is 6.75. The molecule has 1 saturated heterocycles. The van der Waals surface area contributed by atoms with Crippen LogP contribution >= 0.6 is 0 Å². The van der Waals surface area contributed by atoms with Crippen molar-refractivity contribution in [2.45, 2.75) is 38.8 Å². The van der Waals surface area contributed by atoms with Gasteiger partial charge in [0.15, 0.2) is 0 Å². The lowest BCUT2D eigenvalue weighted by Gasteiger charge is -2.30. The predicted octanol–water partition coefficient (Wildman–Crippen LogP) is -0.419. The highest BCUT2D eigenvalue weighted by atomic mass is 16.5. The first kappa shape index (κ1) is 19.7. The largest absolute Gasteiger partial charge is 0.453 e. The fourth-order valence-electron chi connectivity index (χ4n) is 2.78. The van der Waals surface area contributed by atoms with Crippen LogP contribution in [0.4, 0.5) is 10.7 Å². The summed E-state index contributed by atoms with van der Waals surface area (Å²) in [5.41, 5.74) is 0.384. The van der Waals surface area contributed by atoms with Crippen molar-refractivity contribution in [1.82, 2.24) is 20.2 Å². The van der Waals surface area contributed by atoms with Crippen molar-refractivity contribution in [1.29, 1.82) is 0 Å². The fourth-order valence-corrected chi connectivity index (χ4v) is 2.78. The van der Waals surface area contributed by atoms with Crippen molar-refractivity contribution in [3.8, 4) is 0 Å². The highest BCUT2D eigenvalue weighted by Crippen LogP contribution is 2.21. The number of hydrogen-bond acceptors (Lipinski definition) is 6. The van der Waals surface area contributed by atoms with E-state index >= 15 is 0 Å². The Balaban J connectivity index is 2.09. The summed E-state index contributed by atoms with van der Waals surface area (Å²) >= 11 is 0. The molecule has 1 aromatic heterocycles. The standard InChI is InChI=1S/C16H22BN5O4/c1-9(2)12(20-16(25)26-3)14(24)22-6-4-5-11(22)13(23)21-15-18-7-10(17)8-19-15/h7-9,11-12H,4-6H2,1-3H3,(H,20,25)(H,18,19,21,23)/t11-,12-/m0/s1. The van der Waals surface area contributed by atoms with Gasteiger partial charge in [0.2, 0.25) is 17.8 Å². The molecule has 2 atom stereocenters. The number of hydrogen-bond donors (Lipinski definition) is 2. The van der Waals surface area contributed by atoms with Gasteiger partial charge in [0.05, 0.1) is 7.11 Å². The number of carbonyl (C=O) groups excluding carboxylic acids is 3. The van der Waals surface area contributed by atoms with Gasteiger partial charge in [-0.15, -0.1) is 0 Å². The minimum absolute atomic E-state index is 0.122. The lowest BCUT2D eigenvalue weighted by atomic mass is 10.0. The first-order valence-corrected chi connectivity index (χ1v) is 8.36. The molecule has 0 aliphatic carbocycles. The van der Waals surface area contributed by atoms with Crippen LogP contribution in [0.15, 0.2) is 12.4 Å². The van der Waals surface area contributed by atoms with Gasteiger partial charge >= 0.3 is 6.09 Å². The number of nitrogens with zero attached hydrogens (tertiary/aromatic N) is 3. The molecule has 2 rings (SSSR count). The molecule has 1 fully saturated rings. The molecular weight excluding hydrogens is 337 g/mol. The highest BCUT2D eigenvalue weighted by molar-refractivity contribution is 6.31. The summed E-state index contributed by atoms with van der Waals surface area (Å²) in [5.74, 6) is -0.731. The summed E-state index contributed by atoms with van der Waals surface area (Å²) in [6.45, 7) is 4.06. The molecule has 0 unspecified atom stereocenters. The second kappa shape index (κ2) is 8.64. The third-order valence-corrected chi connectivity index (χ3v) is 4.14. The maximum Gasteiger partial charge on any atom is 0.407 e. The molecule has 2 heterocycles. The number of rotatable bonds is 5. The molecule has 0 spiro atoms. The number of alkyl carbamates (subject to hydrolysis) is 1. The van der Waals surface area contributed by atoms with Crippen LogP contribution in [-0.4, -0.2) is 66.4 Å². The van der Waals surface area contributed by atoms with Crippen LogP contribution in [0.25, 0.3) is 0 Å². The highest BCUT2D eigenvalue weighted by Gasteiger charge is 2.38. The Morgan fingerprint density at radius 2 is 1.96 bits per heavy atom. The van der Waals surface area contributed by atoms with Gasteiger partial charge < -0.3 is 15.0 Å². The molecule has 0 bridgehead atoms. The molecule has 0 saturated carbocycles. The zero-order chi connectivity index (χ0) is 19.3. The van der Waals surface area contributed by atoms with Crippen LogP contribution in [0.1, 0.15) is 26.7 Å². The van der Waals surface area contributed by atoms with E-state index in [1.165, 1.54) is 24.4 Å². The minimum atomic E-state index is -0.774. The molecule has 138 valence electrons. The van der Waals surface area contributed by atoms with Gasteiger partial charge in [-0.3, -0.25) is 14.9 Å². The second-order valence-electron chi connectivity index (χ2n) is 6.38. The Morgan fingerprint density at radius 3 is 2.54 bits per heavy atom. The number of anilines is 1. The maximum atomic E-state index is 12.9. The van der Waals surface area contributed by atoms with Crippen LogP contribution < -0.4 is 16.1 Å². The van der Waals surface area contributed by atoms with E-state index < -0.39 is 18.2 Å². The van der Waals surface area contributed by atoms with Gasteiger partial charge in [-0.1, -0.05) is 19.3 Å². The van der Waals surface area contributed by atoms with Crippen LogP contribution in [0.5, 0.6) is 0 Å². The van der Waals surface area contributed by atoms with E-state index in [9.17, 15) is 14.4 Å². The molecule has 2 N–H and O–H groups in total. The third-order valence-electron chi connectivity index (χ3n) is 4.14. The molecule has 1 aliphatic rings. The molecule has 0 aromatic carbocycles. The van der Waals surface area contributed by atoms with Gasteiger partial charge in [-0.05, 0) is 18.8 Å². The first-order chi connectivity index (χ1) is 12.3. The predicted molar refractivity (Wildman–Crippen MR) is 95.0 cm³/mol.